The molecule has 0 aromatic heterocycles. The average molecular weight is 289 g/mol. The molecule has 1 saturated heterocycles. The van der Waals surface area contributed by atoms with E-state index in [0.29, 0.717) is 12.1 Å². The number of aliphatic hydroxyl groups is 1. The summed E-state index contributed by atoms with van der Waals surface area (Å²) in [6.45, 7) is 7.02. The normalized spacial score (nSPS) is 27.6. The molecule has 0 amide bonds. The van der Waals surface area contributed by atoms with E-state index in [1.807, 2.05) is 0 Å². The van der Waals surface area contributed by atoms with E-state index in [1.54, 1.807) is 0 Å². The second-order valence-corrected chi connectivity index (χ2v) is 6.67. The third-order valence-corrected chi connectivity index (χ3v) is 4.92. The SMILES string of the molecule is Cc1cc(C)cc(C(O)CCN2CCOC3CCCC32)c1. The minimum Gasteiger partial charge on any atom is -0.388 e. The van der Waals surface area contributed by atoms with Crippen LogP contribution < -0.4 is 0 Å². The van der Waals surface area contributed by atoms with Crippen molar-refractivity contribution in [1.82, 2.24) is 4.90 Å². The summed E-state index contributed by atoms with van der Waals surface area (Å²) < 4.78 is 5.85. The molecule has 1 aromatic rings. The van der Waals surface area contributed by atoms with Crippen LogP contribution in [0.2, 0.25) is 0 Å². The van der Waals surface area contributed by atoms with E-state index in [-0.39, 0.29) is 6.10 Å². The zero-order valence-electron chi connectivity index (χ0n) is 13.2. The van der Waals surface area contributed by atoms with Gasteiger partial charge in [-0.15, -0.1) is 0 Å². The van der Waals surface area contributed by atoms with Gasteiger partial charge in [0.25, 0.3) is 0 Å². The predicted octanol–water partition coefficient (Wildman–Crippen LogP) is 2.98. The molecule has 21 heavy (non-hydrogen) atoms. The van der Waals surface area contributed by atoms with Gasteiger partial charge in [0.2, 0.25) is 0 Å². The number of rotatable bonds is 4. The molecular formula is C18H27NO2. The standard InChI is InChI=1S/C18H27NO2/c1-13-10-14(2)12-15(11-13)17(20)6-7-19-8-9-21-18-5-3-4-16(18)19/h10-12,16-18,20H,3-9H2,1-2H3. The zero-order valence-corrected chi connectivity index (χ0v) is 13.2. The Morgan fingerprint density at radius 3 is 2.76 bits per heavy atom. The second-order valence-electron chi connectivity index (χ2n) is 6.67. The van der Waals surface area contributed by atoms with Crippen LogP contribution in [0.15, 0.2) is 18.2 Å². The summed E-state index contributed by atoms with van der Waals surface area (Å²) in [6, 6.07) is 6.96. The summed E-state index contributed by atoms with van der Waals surface area (Å²) in [7, 11) is 0. The first-order chi connectivity index (χ1) is 10.1. The lowest BCUT2D eigenvalue weighted by molar-refractivity contribution is -0.0587. The third-order valence-electron chi connectivity index (χ3n) is 4.92. The Kier molecular flexibility index (Phi) is 4.63. The van der Waals surface area contributed by atoms with Gasteiger partial charge in [-0.05, 0) is 45.1 Å². The Hall–Kier alpha value is -0.900. The number of ether oxygens (including phenoxy) is 1. The van der Waals surface area contributed by atoms with Crippen LogP contribution in [0.25, 0.3) is 0 Å². The van der Waals surface area contributed by atoms with Gasteiger partial charge < -0.3 is 9.84 Å². The van der Waals surface area contributed by atoms with Crippen LogP contribution in [0.4, 0.5) is 0 Å². The number of fused-ring (bicyclic) bond motifs is 1. The molecule has 1 aliphatic carbocycles. The van der Waals surface area contributed by atoms with Crippen LogP contribution in [0.1, 0.15) is 48.5 Å². The van der Waals surface area contributed by atoms with E-state index in [2.05, 4.69) is 36.9 Å². The van der Waals surface area contributed by atoms with Crippen molar-refractivity contribution in [3.05, 3.63) is 34.9 Å². The number of morpholine rings is 1. The highest BCUT2D eigenvalue weighted by Gasteiger charge is 2.35. The first-order valence-corrected chi connectivity index (χ1v) is 8.25. The summed E-state index contributed by atoms with van der Waals surface area (Å²) in [5, 5.41) is 10.5. The average Bonchev–Trinajstić information content (AvgIpc) is 2.92. The van der Waals surface area contributed by atoms with Crippen molar-refractivity contribution in [2.75, 3.05) is 19.7 Å². The van der Waals surface area contributed by atoms with Gasteiger partial charge in [0.1, 0.15) is 0 Å². The fourth-order valence-electron chi connectivity index (χ4n) is 3.94. The monoisotopic (exact) mass is 289 g/mol. The Bertz CT molecular complexity index is 468. The maximum atomic E-state index is 10.5. The third kappa shape index (κ3) is 3.47. The first-order valence-electron chi connectivity index (χ1n) is 8.25. The Balaban J connectivity index is 1.59. The predicted molar refractivity (Wildman–Crippen MR) is 84.4 cm³/mol. The summed E-state index contributed by atoms with van der Waals surface area (Å²) in [5.74, 6) is 0. The van der Waals surface area contributed by atoms with E-state index >= 15 is 0 Å². The Morgan fingerprint density at radius 1 is 1.24 bits per heavy atom. The molecule has 2 fully saturated rings. The van der Waals surface area contributed by atoms with E-state index in [0.717, 1.165) is 31.7 Å². The molecule has 1 heterocycles. The molecule has 0 radical (unpaired) electrons. The number of hydrogen-bond acceptors (Lipinski definition) is 3. The van der Waals surface area contributed by atoms with E-state index in [4.69, 9.17) is 4.74 Å². The molecular weight excluding hydrogens is 262 g/mol. The van der Waals surface area contributed by atoms with Gasteiger partial charge in [0, 0.05) is 19.1 Å². The van der Waals surface area contributed by atoms with Crippen molar-refractivity contribution in [1.29, 1.82) is 0 Å². The smallest absolute Gasteiger partial charge is 0.0802 e. The Morgan fingerprint density at radius 2 is 2.00 bits per heavy atom. The molecule has 0 bridgehead atoms. The van der Waals surface area contributed by atoms with Crippen LogP contribution >= 0.6 is 0 Å². The number of benzene rings is 1. The van der Waals surface area contributed by atoms with Crippen LogP contribution in [0.5, 0.6) is 0 Å². The van der Waals surface area contributed by atoms with Gasteiger partial charge in [0.15, 0.2) is 0 Å². The molecule has 3 rings (SSSR count). The fourth-order valence-corrected chi connectivity index (χ4v) is 3.94. The van der Waals surface area contributed by atoms with Gasteiger partial charge >= 0.3 is 0 Å². The van der Waals surface area contributed by atoms with Crippen LogP contribution in [-0.4, -0.2) is 41.8 Å². The lowest BCUT2D eigenvalue weighted by Crippen LogP contribution is -2.48. The van der Waals surface area contributed by atoms with Crippen molar-refractivity contribution < 1.29 is 9.84 Å². The number of aliphatic hydroxyl groups excluding tert-OH is 1. The number of hydrogen-bond donors (Lipinski definition) is 1. The summed E-state index contributed by atoms with van der Waals surface area (Å²) in [5.41, 5.74) is 3.52. The minimum absolute atomic E-state index is 0.355. The zero-order chi connectivity index (χ0) is 14.8. The molecule has 3 nitrogen and oxygen atoms in total. The topological polar surface area (TPSA) is 32.7 Å². The van der Waals surface area contributed by atoms with Crippen molar-refractivity contribution in [3.63, 3.8) is 0 Å². The summed E-state index contributed by atoms with van der Waals surface area (Å²) >= 11 is 0. The van der Waals surface area contributed by atoms with Gasteiger partial charge in [-0.25, -0.2) is 0 Å². The molecule has 3 heteroatoms. The lowest BCUT2D eigenvalue weighted by Gasteiger charge is -2.38. The highest BCUT2D eigenvalue weighted by atomic mass is 16.5. The molecule has 1 aliphatic heterocycles. The first kappa shape index (κ1) is 15.0. The van der Waals surface area contributed by atoms with E-state index in [1.165, 1.54) is 30.4 Å². The molecule has 3 unspecified atom stereocenters. The van der Waals surface area contributed by atoms with Crippen LogP contribution in [0, 0.1) is 13.8 Å². The van der Waals surface area contributed by atoms with Gasteiger partial charge in [-0.1, -0.05) is 29.3 Å². The molecule has 2 aliphatic rings. The highest BCUT2D eigenvalue weighted by Crippen LogP contribution is 2.30. The fraction of sp³-hybridized carbons (Fsp3) is 0.667. The number of aryl methyl sites for hydroxylation is 2. The molecule has 116 valence electrons. The Labute approximate surface area is 127 Å². The second kappa shape index (κ2) is 6.47. The largest absolute Gasteiger partial charge is 0.388 e. The van der Waals surface area contributed by atoms with Gasteiger partial charge in [-0.2, -0.15) is 0 Å². The lowest BCUT2D eigenvalue weighted by atomic mass is 10.0. The molecule has 1 N–H and O–H groups in total. The van der Waals surface area contributed by atoms with Crippen molar-refractivity contribution in [2.24, 2.45) is 0 Å². The maximum Gasteiger partial charge on any atom is 0.0802 e. The minimum atomic E-state index is -0.355. The molecule has 3 atom stereocenters. The van der Waals surface area contributed by atoms with Crippen molar-refractivity contribution >= 4 is 0 Å². The summed E-state index contributed by atoms with van der Waals surface area (Å²) in [4.78, 5) is 2.53. The molecule has 0 spiro atoms. The van der Waals surface area contributed by atoms with Gasteiger partial charge in [0.05, 0.1) is 18.8 Å². The summed E-state index contributed by atoms with van der Waals surface area (Å²) in [6.07, 6.45) is 4.64. The highest BCUT2D eigenvalue weighted by molar-refractivity contribution is 5.29. The van der Waals surface area contributed by atoms with Crippen molar-refractivity contribution in [3.8, 4) is 0 Å². The number of nitrogens with zero attached hydrogens (tertiary/aromatic N) is 1. The molecule has 1 aromatic carbocycles. The quantitative estimate of drug-likeness (QED) is 0.925. The van der Waals surface area contributed by atoms with Crippen LogP contribution in [-0.2, 0) is 4.74 Å². The maximum absolute atomic E-state index is 10.5. The molecule has 1 saturated carbocycles. The van der Waals surface area contributed by atoms with Crippen molar-refractivity contribution in [2.45, 2.75) is 57.8 Å². The van der Waals surface area contributed by atoms with Crippen LogP contribution in [0.3, 0.4) is 0 Å². The van der Waals surface area contributed by atoms with E-state index in [9.17, 15) is 5.11 Å². The van der Waals surface area contributed by atoms with E-state index < -0.39 is 0 Å². The van der Waals surface area contributed by atoms with Gasteiger partial charge in [-0.3, -0.25) is 4.90 Å².